The lowest BCUT2D eigenvalue weighted by atomic mass is 9.57. The molecule has 0 aliphatic heterocycles. The van der Waals surface area contributed by atoms with Gasteiger partial charge in [0.25, 0.3) is 0 Å². The first-order valence-corrected chi connectivity index (χ1v) is 5.84. The van der Waals surface area contributed by atoms with Crippen LogP contribution in [0.5, 0.6) is 0 Å². The molecular weight excluding hydrogens is 160 g/mol. The molecule has 0 heterocycles. The normalized spacial score (nSPS) is 79.8. The molecule has 5 aliphatic carbocycles. The summed E-state index contributed by atoms with van der Waals surface area (Å²) in [5, 5.41) is 0. The van der Waals surface area contributed by atoms with Crippen molar-refractivity contribution in [3.05, 3.63) is 0 Å². The number of carbonyl (C=O) groups is 1. The molecule has 9 atom stereocenters. The summed E-state index contributed by atoms with van der Waals surface area (Å²) in [5.74, 6) is 8.25. The minimum absolute atomic E-state index is 0.560. The maximum absolute atomic E-state index is 12.0. The Bertz CT molecular complexity index is 347. The highest BCUT2D eigenvalue weighted by molar-refractivity contribution is 5.91. The number of rotatable bonds is 0. The molecule has 13 heavy (non-hydrogen) atoms. The van der Waals surface area contributed by atoms with E-state index >= 15 is 0 Å². The first-order valence-electron chi connectivity index (χ1n) is 5.84. The lowest BCUT2D eigenvalue weighted by Gasteiger charge is -2.45. The first-order chi connectivity index (χ1) is 6.30. The van der Waals surface area contributed by atoms with Crippen molar-refractivity contribution in [3.8, 4) is 0 Å². The summed E-state index contributed by atoms with van der Waals surface area (Å²) >= 11 is 0. The average Bonchev–Trinajstić information content (AvgIpc) is 2.52. The van der Waals surface area contributed by atoms with E-state index < -0.39 is 0 Å². The van der Waals surface area contributed by atoms with Gasteiger partial charge in [-0.3, -0.25) is 4.79 Å². The molecule has 1 heteroatoms. The van der Waals surface area contributed by atoms with Crippen LogP contribution < -0.4 is 0 Å². The highest BCUT2D eigenvalue weighted by Gasteiger charge is 2.82. The molecule has 68 valence electrons. The van der Waals surface area contributed by atoms with Crippen LogP contribution in [0.1, 0.15) is 13.3 Å². The number of Topliss-reactive ketones (excluding diaryl/α,β-unsaturated/α-hetero) is 1. The number of carbonyl (C=O) groups excluding carboxylic acids is 1. The number of hydrogen-bond donors (Lipinski definition) is 0. The highest BCUT2D eigenvalue weighted by atomic mass is 16.1. The standard InChI is InChI=1S/C12H14O/c1-3-6-4-2-5-9-8(4)7(3)11(9)12(13)10(5)6/h3-11H,2H2,1H3. The van der Waals surface area contributed by atoms with Gasteiger partial charge < -0.3 is 0 Å². The number of ketones is 1. The topological polar surface area (TPSA) is 17.1 Å². The lowest BCUT2D eigenvalue weighted by molar-refractivity contribution is -0.135. The summed E-state index contributed by atoms with van der Waals surface area (Å²) in [7, 11) is 0. The maximum atomic E-state index is 12.0. The van der Waals surface area contributed by atoms with Gasteiger partial charge in [-0.15, -0.1) is 0 Å². The van der Waals surface area contributed by atoms with Crippen molar-refractivity contribution in [2.24, 2.45) is 53.3 Å². The van der Waals surface area contributed by atoms with Gasteiger partial charge in [0.1, 0.15) is 5.78 Å². The van der Waals surface area contributed by atoms with Gasteiger partial charge in [0.05, 0.1) is 0 Å². The Hall–Kier alpha value is -0.330. The van der Waals surface area contributed by atoms with E-state index in [-0.39, 0.29) is 0 Å². The average molecular weight is 174 g/mol. The third kappa shape index (κ3) is 0.352. The van der Waals surface area contributed by atoms with E-state index in [2.05, 4.69) is 6.92 Å². The van der Waals surface area contributed by atoms with Crippen molar-refractivity contribution in [3.63, 3.8) is 0 Å². The van der Waals surface area contributed by atoms with Crippen LogP contribution in [0, 0.1) is 53.3 Å². The van der Waals surface area contributed by atoms with Gasteiger partial charge in [-0.1, -0.05) is 6.92 Å². The molecule has 0 aromatic carbocycles. The summed E-state index contributed by atoms with van der Waals surface area (Å²) in [6.07, 6.45) is 1.44. The monoisotopic (exact) mass is 174 g/mol. The number of hydrogen-bond acceptors (Lipinski definition) is 1. The molecule has 5 aliphatic rings. The van der Waals surface area contributed by atoms with Gasteiger partial charge in [0, 0.05) is 11.8 Å². The first kappa shape index (κ1) is 6.21. The fourth-order valence-corrected chi connectivity index (χ4v) is 6.60. The third-order valence-corrected chi connectivity index (χ3v) is 6.49. The van der Waals surface area contributed by atoms with Gasteiger partial charge in [-0.25, -0.2) is 0 Å². The van der Waals surface area contributed by atoms with E-state index in [0.717, 1.165) is 41.4 Å². The summed E-state index contributed by atoms with van der Waals surface area (Å²) < 4.78 is 0. The van der Waals surface area contributed by atoms with Crippen molar-refractivity contribution in [2.75, 3.05) is 0 Å². The molecule has 0 spiro atoms. The van der Waals surface area contributed by atoms with Crippen molar-refractivity contribution in [2.45, 2.75) is 13.3 Å². The van der Waals surface area contributed by atoms with Crippen molar-refractivity contribution < 1.29 is 4.79 Å². The predicted molar refractivity (Wildman–Crippen MR) is 46.7 cm³/mol. The molecule has 5 rings (SSSR count). The number of fused-ring (bicyclic) bond motifs is 2. The van der Waals surface area contributed by atoms with Gasteiger partial charge in [-0.2, -0.15) is 0 Å². The second-order valence-electron chi connectivity index (χ2n) is 6.19. The Morgan fingerprint density at radius 2 is 1.85 bits per heavy atom. The minimum atomic E-state index is 0.560. The summed E-state index contributed by atoms with van der Waals surface area (Å²) in [6.45, 7) is 2.43. The summed E-state index contributed by atoms with van der Waals surface area (Å²) in [4.78, 5) is 12.0. The smallest absolute Gasteiger partial charge is 0.140 e. The van der Waals surface area contributed by atoms with E-state index in [0.29, 0.717) is 17.6 Å². The molecule has 1 nitrogen and oxygen atoms in total. The molecule has 0 aromatic heterocycles. The fourth-order valence-electron chi connectivity index (χ4n) is 6.60. The van der Waals surface area contributed by atoms with Gasteiger partial charge in [-0.05, 0) is 47.8 Å². The van der Waals surface area contributed by atoms with Crippen LogP contribution in [0.2, 0.25) is 0 Å². The van der Waals surface area contributed by atoms with E-state index in [1.54, 1.807) is 0 Å². The van der Waals surface area contributed by atoms with Gasteiger partial charge in [0.15, 0.2) is 0 Å². The Labute approximate surface area is 77.9 Å². The van der Waals surface area contributed by atoms with Crippen LogP contribution in [-0.2, 0) is 4.79 Å². The Balaban J connectivity index is 1.87. The minimum Gasteiger partial charge on any atom is -0.299 e. The summed E-state index contributed by atoms with van der Waals surface area (Å²) in [6, 6.07) is 0. The van der Waals surface area contributed by atoms with Crippen LogP contribution in [0.4, 0.5) is 0 Å². The SMILES string of the molecule is CC1C2C3CC4C2C(=O)C2C1C3C42. The zero-order valence-corrected chi connectivity index (χ0v) is 7.81. The largest absolute Gasteiger partial charge is 0.299 e. The Morgan fingerprint density at radius 3 is 2.69 bits per heavy atom. The molecule has 0 saturated heterocycles. The zero-order valence-electron chi connectivity index (χ0n) is 7.81. The van der Waals surface area contributed by atoms with Crippen LogP contribution in [0.3, 0.4) is 0 Å². The van der Waals surface area contributed by atoms with Crippen LogP contribution in [0.15, 0.2) is 0 Å². The van der Waals surface area contributed by atoms with E-state index in [1.807, 2.05) is 0 Å². The highest BCUT2D eigenvalue weighted by Crippen LogP contribution is 2.83. The molecule has 0 amide bonds. The molecule has 0 aromatic rings. The Morgan fingerprint density at radius 1 is 1.00 bits per heavy atom. The van der Waals surface area contributed by atoms with Crippen LogP contribution >= 0.6 is 0 Å². The zero-order chi connectivity index (χ0) is 8.48. The molecule has 2 bridgehead atoms. The Kier molecular flexibility index (Phi) is 0.675. The molecule has 5 saturated carbocycles. The van der Waals surface area contributed by atoms with Crippen molar-refractivity contribution in [1.29, 1.82) is 0 Å². The second-order valence-corrected chi connectivity index (χ2v) is 6.19. The maximum Gasteiger partial charge on any atom is 0.140 e. The van der Waals surface area contributed by atoms with Crippen molar-refractivity contribution >= 4 is 5.78 Å². The molecule has 9 unspecified atom stereocenters. The van der Waals surface area contributed by atoms with E-state index in [4.69, 9.17) is 0 Å². The molecule has 5 fully saturated rings. The van der Waals surface area contributed by atoms with Crippen LogP contribution in [0.25, 0.3) is 0 Å². The van der Waals surface area contributed by atoms with E-state index in [9.17, 15) is 4.79 Å². The van der Waals surface area contributed by atoms with Crippen molar-refractivity contribution in [1.82, 2.24) is 0 Å². The second kappa shape index (κ2) is 1.41. The quantitative estimate of drug-likeness (QED) is 0.545. The molecule has 0 N–H and O–H groups in total. The fraction of sp³-hybridized carbons (Fsp3) is 0.917. The molecule has 0 radical (unpaired) electrons. The van der Waals surface area contributed by atoms with Gasteiger partial charge in [0.2, 0.25) is 0 Å². The third-order valence-electron chi connectivity index (χ3n) is 6.49. The van der Waals surface area contributed by atoms with Gasteiger partial charge >= 0.3 is 0 Å². The summed E-state index contributed by atoms with van der Waals surface area (Å²) in [5.41, 5.74) is 0. The predicted octanol–water partition coefficient (Wildman–Crippen LogP) is 1.58. The molecular formula is C12H14O. The lowest BCUT2D eigenvalue weighted by Crippen LogP contribution is -2.46. The van der Waals surface area contributed by atoms with Crippen LogP contribution in [-0.4, -0.2) is 5.78 Å². The van der Waals surface area contributed by atoms with E-state index in [1.165, 1.54) is 6.42 Å².